The van der Waals surface area contributed by atoms with Gasteiger partial charge in [-0.05, 0) is 25.3 Å². The normalized spacial score (nSPS) is 20.0. The summed E-state index contributed by atoms with van der Waals surface area (Å²) in [6.45, 7) is 3.57. The Kier molecular flexibility index (Phi) is 4.73. The van der Waals surface area contributed by atoms with E-state index in [1.807, 2.05) is 6.07 Å². The molecule has 20 heavy (non-hydrogen) atoms. The molecule has 3 nitrogen and oxygen atoms in total. The van der Waals surface area contributed by atoms with Gasteiger partial charge in [0.05, 0.1) is 5.92 Å². The summed E-state index contributed by atoms with van der Waals surface area (Å²) in [6.07, 6.45) is -0.679. The number of piperidine rings is 1. The van der Waals surface area contributed by atoms with Crippen molar-refractivity contribution in [2.45, 2.75) is 32.4 Å². The van der Waals surface area contributed by atoms with Gasteiger partial charge in [-0.1, -0.05) is 6.92 Å². The third-order valence-electron chi connectivity index (χ3n) is 3.55. The van der Waals surface area contributed by atoms with E-state index >= 15 is 0 Å². The number of nitrogens with zero attached hydrogens (tertiary/aromatic N) is 2. The van der Waals surface area contributed by atoms with Gasteiger partial charge in [0, 0.05) is 37.6 Å². The van der Waals surface area contributed by atoms with Crippen molar-refractivity contribution < 1.29 is 13.2 Å². The van der Waals surface area contributed by atoms with Crippen LogP contribution in [0, 0.1) is 5.92 Å². The average molecular weight is 287 g/mol. The number of alkyl halides is 3. The van der Waals surface area contributed by atoms with Gasteiger partial charge in [0.1, 0.15) is 5.82 Å². The number of aromatic nitrogens is 1. The maximum atomic E-state index is 12.8. The molecule has 1 atom stereocenters. The molecule has 0 radical (unpaired) electrons. The Balaban J connectivity index is 2.07. The third kappa shape index (κ3) is 3.77. The Morgan fingerprint density at radius 1 is 1.45 bits per heavy atom. The topological polar surface area (TPSA) is 28.2 Å². The number of halogens is 3. The molecular weight excluding hydrogens is 267 g/mol. The van der Waals surface area contributed by atoms with Crippen LogP contribution >= 0.6 is 0 Å². The molecule has 1 N–H and O–H groups in total. The highest BCUT2D eigenvalue weighted by Gasteiger charge is 2.41. The van der Waals surface area contributed by atoms with Gasteiger partial charge in [-0.25, -0.2) is 4.98 Å². The predicted molar refractivity (Wildman–Crippen MR) is 74.0 cm³/mol. The highest BCUT2D eigenvalue weighted by atomic mass is 19.4. The van der Waals surface area contributed by atoms with Crippen LogP contribution in [0.5, 0.6) is 0 Å². The van der Waals surface area contributed by atoms with Gasteiger partial charge in [-0.15, -0.1) is 0 Å². The quantitative estimate of drug-likeness (QED) is 0.915. The van der Waals surface area contributed by atoms with Crippen molar-refractivity contribution in [3.05, 3.63) is 18.3 Å². The van der Waals surface area contributed by atoms with Crippen molar-refractivity contribution in [1.82, 2.24) is 4.98 Å². The van der Waals surface area contributed by atoms with E-state index in [2.05, 4.69) is 17.2 Å². The lowest BCUT2D eigenvalue weighted by atomic mass is 9.97. The van der Waals surface area contributed by atoms with Crippen molar-refractivity contribution >= 4 is 11.5 Å². The lowest BCUT2D eigenvalue weighted by Crippen LogP contribution is -2.41. The van der Waals surface area contributed by atoms with Crippen LogP contribution in [0.2, 0.25) is 0 Å². The van der Waals surface area contributed by atoms with Crippen molar-refractivity contribution in [2.24, 2.45) is 5.92 Å². The molecule has 6 heteroatoms. The van der Waals surface area contributed by atoms with Crippen molar-refractivity contribution in [3.63, 3.8) is 0 Å². The van der Waals surface area contributed by atoms with E-state index in [4.69, 9.17) is 0 Å². The van der Waals surface area contributed by atoms with Crippen LogP contribution < -0.4 is 10.2 Å². The van der Waals surface area contributed by atoms with Crippen LogP contribution in [0.4, 0.5) is 24.7 Å². The summed E-state index contributed by atoms with van der Waals surface area (Å²) in [4.78, 5) is 5.99. The number of nitrogens with one attached hydrogen (secondary N) is 1. The molecule has 0 bridgehead atoms. The monoisotopic (exact) mass is 287 g/mol. The molecule has 0 amide bonds. The van der Waals surface area contributed by atoms with Gasteiger partial charge in [0.2, 0.25) is 0 Å². The Morgan fingerprint density at radius 2 is 2.25 bits per heavy atom. The summed E-state index contributed by atoms with van der Waals surface area (Å²) in [5.41, 5.74) is 0.813. The fourth-order valence-corrected chi connectivity index (χ4v) is 2.44. The molecule has 1 aromatic heterocycles. The first kappa shape index (κ1) is 14.9. The summed E-state index contributed by atoms with van der Waals surface area (Å²) in [5.74, 6) is -0.505. The lowest BCUT2D eigenvalue weighted by molar-refractivity contribution is -0.175. The van der Waals surface area contributed by atoms with Gasteiger partial charge in [0.25, 0.3) is 0 Å². The van der Waals surface area contributed by atoms with Crippen molar-refractivity contribution in [2.75, 3.05) is 29.9 Å². The number of anilines is 2. The Labute approximate surface area is 117 Å². The molecule has 1 fully saturated rings. The molecule has 1 unspecified atom stereocenters. The fourth-order valence-electron chi connectivity index (χ4n) is 2.44. The molecule has 2 rings (SSSR count). The lowest BCUT2D eigenvalue weighted by Gasteiger charge is -2.35. The van der Waals surface area contributed by atoms with Crippen molar-refractivity contribution in [3.8, 4) is 0 Å². The van der Waals surface area contributed by atoms with E-state index in [1.54, 1.807) is 17.2 Å². The van der Waals surface area contributed by atoms with Crippen LogP contribution in [0.3, 0.4) is 0 Å². The average Bonchev–Trinajstić information content (AvgIpc) is 2.45. The Morgan fingerprint density at radius 3 is 2.95 bits per heavy atom. The molecule has 0 aromatic carbocycles. The second-order valence-electron chi connectivity index (χ2n) is 5.15. The Bertz CT molecular complexity index is 434. The first-order chi connectivity index (χ1) is 9.50. The molecule has 0 spiro atoms. The summed E-state index contributed by atoms with van der Waals surface area (Å²) in [7, 11) is 0. The maximum absolute atomic E-state index is 12.8. The van der Waals surface area contributed by atoms with Crippen LogP contribution in [0.1, 0.15) is 26.2 Å². The first-order valence-electron chi connectivity index (χ1n) is 7.02. The second-order valence-corrected chi connectivity index (χ2v) is 5.15. The number of pyridine rings is 1. The molecule has 1 aliphatic heterocycles. The summed E-state index contributed by atoms with van der Waals surface area (Å²) in [5, 5.41) is 3.16. The maximum Gasteiger partial charge on any atom is 0.393 e. The predicted octanol–water partition coefficient (Wildman–Crippen LogP) is 3.68. The van der Waals surface area contributed by atoms with Gasteiger partial charge in [-0.2, -0.15) is 13.2 Å². The van der Waals surface area contributed by atoms with Crippen molar-refractivity contribution in [1.29, 1.82) is 0 Å². The van der Waals surface area contributed by atoms with E-state index in [-0.39, 0.29) is 13.0 Å². The molecule has 1 aromatic rings. The van der Waals surface area contributed by atoms with Gasteiger partial charge < -0.3 is 10.2 Å². The molecular formula is C14H20F3N3. The number of rotatable bonds is 4. The van der Waals surface area contributed by atoms with E-state index in [9.17, 15) is 13.2 Å². The summed E-state index contributed by atoms with van der Waals surface area (Å²) in [6, 6.07) is 3.60. The minimum atomic E-state index is -4.10. The summed E-state index contributed by atoms with van der Waals surface area (Å²) < 4.78 is 38.5. The Hall–Kier alpha value is -1.46. The zero-order valence-corrected chi connectivity index (χ0v) is 11.6. The second kappa shape index (κ2) is 6.33. The largest absolute Gasteiger partial charge is 0.393 e. The smallest absolute Gasteiger partial charge is 0.371 e. The molecule has 0 saturated carbocycles. The van der Waals surface area contributed by atoms with Crippen LogP contribution in [0.25, 0.3) is 0 Å². The molecule has 1 saturated heterocycles. The molecule has 2 heterocycles. The SMILES string of the molecule is CCCNc1cc(N2CCCC(C(F)(F)F)C2)ccn1. The fraction of sp³-hybridized carbons (Fsp3) is 0.643. The zero-order valence-electron chi connectivity index (χ0n) is 11.6. The first-order valence-corrected chi connectivity index (χ1v) is 7.02. The zero-order chi connectivity index (χ0) is 14.6. The van der Waals surface area contributed by atoms with Gasteiger partial charge in [0.15, 0.2) is 0 Å². The van der Waals surface area contributed by atoms with E-state index in [0.29, 0.717) is 13.0 Å². The number of hydrogen-bond acceptors (Lipinski definition) is 3. The minimum absolute atomic E-state index is 0.0424. The van der Waals surface area contributed by atoms with E-state index in [1.165, 1.54) is 0 Å². The highest BCUT2D eigenvalue weighted by molar-refractivity contribution is 5.54. The summed E-state index contributed by atoms with van der Waals surface area (Å²) >= 11 is 0. The van der Waals surface area contributed by atoms with Gasteiger partial charge in [-0.3, -0.25) is 0 Å². The molecule has 0 aliphatic carbocycles. The van der Waals surface area contributed by atoms with E-state index < -0.39 is 12.1 Å². The molecule has 1 aliphatic rings. The van der Waals surface area contributed by atoms with E-state index in [0.717, 1.165) is 24.5 Å². The van der Waals surface area contributed by atoms with Crippen LogP contribution in [-0.4, -0.2) is 30.8 Å². The highest BCUT2D eigenvalue weighted by Crippen LogP contribution is 2.34. The van der Waals surface area contributed by atoms with Crippen LogP contribution in [0.15, 0.2) is 18.3 Å². The van der Waals surface area contributed by atoms with Gasteiger partial charge >= 0.3 is 6.18 Å². The third-order valence-corrected chi connectivity index (χ3v) is 3.55. The van der Waals surface area contributed by atoms with Crippen LogP contribution in [-0.2, 0) is 0 Å². The molecule has 112 valence electrons. The number of hydrogen-bond donors (Lipinski definition) is 1. The standard InChI is InChI=1S/C14H20F3N3/c1-2-6-18-13-9-12(5-7-19-13)20-8-3-4-11(10-20)14(15,16)17/h5,7,9,11H,2-4,6,8,10H2,1H3,(H,18,19). The minimum Gasteiger partial charge on any atom is -0.371 e.